The first-order chi connectivity index (χ1) is 19.2. The number of rotatable bonds is 7. The summed E-state index contributed by atoms with van der Waals surface area (Å²) in [4.78, 5) is 29.6. The Labute approximate surface area is 244 Å². The lowest BCUT2D eigenvalue weighted by atomic mass is 9.76. The molecule has 1 saturated heterocycles. The average Bonchev–Trinajstić information content (AvgIpc) is 2.91. The Balaban J connectivity index is 1.64. The number of hydrogen-bond acceptors (Lipinski definition) is 3. The number of carbonyl (C=O) groups excluding carboxylic acids is 2. The minimum atomic E-state index is -0.747. The molecule has 2 N–H and O–H groups in total. The largest absolute Gasteiger partial charge is 0.390 e. The fourth-order valence-electron chi connectivity index (χ4n) is 5.99. The number of carbonyl (C=O) groups is 2. The van der Waals surface area contributed by atoms with Crippen molar-refractivity contribution in [2.75, 3.05) is 11.9 Å². The molecule has 3 atom stereocenters. The maximum absolute atomic E-state index is 15.0. The second kappa shape index (κ2) is 12.3. The monoisotopic (exact) mass is 560 g/mol. The van der Waals surface area contributed by atoms with Crippen LogP contribution in [0.1, 0.15) is 88.2 Å². The molecule has 1 aliphatic heterocycles. The molecule has 220 valence electrons. The topological polar surface area (TPSA) is 69.6 Å². The highest BCUT2D eigenvalue weighted by molar-refractivity contribution is 5.98. The Kier molecular flexibility index (Phi) is 9.22. The maximum atomic E-state index is 15.0. The van der Waals surface area contributed by atoms with Gasteiger partial charge in [-0.25, -0.2) is 4.39 Å². The summed E-state index contributed by atoms with van der Waals surface area (Å²) < 4.78 is 15.0. The fraction of sp³-hybridized carbons (Fsp3) is 0.486. The summed E-state index contributed by atoms with van der Waals surface area (Å²) in [7, 11) is 0. The van der Waals surface area contributed by atoms with Gasteiger partial charge in [-0.15, -0.1) is 0 Å². The van der Waals surface area contributed by atoms with E-state index in [1.165, 1.54) is 6.07 Å². The van der Waals surface area contributed by atoms with Gasteiger partial charge in [0.05, 0.1) is 23.1 Å². The molecular formula is C35H45FN2O3. The quantitative estimate of drug-likeness (QED) is 0.372. The number of aryl methyl sites for hydroxylation is 1. The zero-order valence-corrected chi connectivity index (χ0v) is 25.3. The number of allylic oxidation sites excluding steroid dienone is 3. The van der Waals surface area contributed by atoms with Gasteiger partial charge in [-0.05, 0) is 87.6 Å². The molecule has 4 rings (SSSR count). The van der Waals surface area contributed by atoms with Crippen LogP contribution in [0.3, 0.4) is 0 Å². The first kappa shape index (κ1) is 30.7. The molecule has 2 aromatic rings. The highest BCUT2D eigenvalue weighted by atomic mass is 19.1. The van der Waals surface area contributed by atoms with Crippen LogP contribution in [0.2, 0.25) is 0 Å². The molecule has 0 saturated carbocycles. The maximum Gasteiger partial charge on any atom is 0.257 e. The van der Waals surface area contributed by atoms with Gasteiger partial charge < -0.3 is 15.3 Å². The predicted molar refractivity (Wildman–Crippen MR) is 163 cm³/mol. The van der Waals surface area contributed by atoms with Crippen LogP contribution in [0.5, 0.6) is 0 Å². The Hall–Kier alpha value is -3.25. The standard InChI is InChI=1S/C35H45FN2O3/c1-23-10-7-14-29(36)30(23)33(40)38-21-9-13-28(32(39)37-27-12-8-11-26(22-27)34(2,3)4)31(38)25-17-15-24(16-18-25)19-20-35(5,6)41/h7-8,10-12,14-17,22,25,28,31,41H,9,13,18-21H2,1-6H3,(H,37,39)/t25?,28?,31-/m0/s1. The first-order valence-corrected chi connectivity index (χ1v) is 14.8. The van der Waals surface area contributed by atoms with Crippen LogP contribution in [0, 0.1) is 24.6 Å². The molecule has 0 aromatic heterocycles. The van der Waals surface area contributed by atoms with Gasteiger partial charge in [-0.3, -0.25) is 9.59 Å². The predicted octanol–water partition coefficient (Wildman–Crippen LogP) is 7.34. The van der Waals surface area contributed by atoms with E-state index < -0.39 is 23.4 Å². The summed E-state index contributed by atoms with van der Waals surface area (Å²) in [5, 5.41) is 13.3. The van der Waals surface area contributed by atoms with Gasteiger partial charge in [-0.1, -0.05) is 68.8 Å². The van der Waals surface area contributed by atoms with Crippen molar-refractivity contribution < 1.29 is 19.1 Å². The van der Waals surface area contributed by atoms with Crippen molar-refractivity contribution in [3.8, 4) is 0 Å². The SMILES string of the molecule is Cc1cccc(F)c1C(=O)N1CCCC(C(=O)Nc2cccc(C(C)(C)C)c2)[C@@H]1C1C=CC(CCC(C)(C)O)=CC1. The second-order valence-corrected chi connectivity index (χ2v) is 13.3. The minimum Gasteiger partial charge on any atom is -0.390 e. The van der Waals surface area contributed by atoms with Crippen molar-refractivity contribution in [3.63, 3.8) is 0 Å². The minimum absolute atomic E-state index is 0.0584. The number of amides is 2. The summed E-state index contributed by atoms with van der Waals surface area (Å²) in [6.07, 6.45) is 9.71. The van der Waals surface area contributed by atoms with Crippen molar-refractivity contribution in [1.29, 1.82) is 0 Å². The summed E-state index contributed by atoms with van der Waals surface area (Å²) in [6, 6.07) is 12.2. The third-order valence-electron chi connectivity index (χ3n) is 8.39. The lowest BCUT2D eigenvalue weighted by Gasteiger charge is -2.44. The molecule has 41 heavy (non-hydrogen) atoms. The lowest BCUT2D eigenvalue weighted by Crippen LogP contribution is -2.55. The molecule has 0 radical (unpaired) electrons. The molecule has 1 fully saturated rings. The molecule has 2 unspecified atom stereocenters. The van der Waals surface area contributed by atoms with E-state index in [1.807, 2.05) is 18.2 Å². The van der Waals surface area contributed by atoms with E-state index in [4.69, 9.17) is 0 Å². The number of piperidine rings is 1. The summed E-state index contributed by atoms with van der Waals surface area (Å²) >= 11 is 0. The molecule has 6 heteroatoms. The van der Waals surface area contributed by atoms with Gasteiger partial charge in [0.15, 0.2) is 0 Å². The van der Waals surface area contributed by atoms with Crippen molar-refractivity contribution >= 4 is 17.5 Å². The third-order valence-corrected chi connectivity index (χ3v) is 8.39. The summed E-state index contributed by atoms with van der Waals surface area (Å²) in [5.74, 6) is -1.54. The molecule has 0 spiro atoms. The molecule has 0 bridgehead atoms. The van der Waals surface area contributed by atoms with E-state index in [2.05, 4.69) is 50.4 Å². The van der Waals surface area contributed by atoms with Crippen LogP contribution >= 0.6 is 0 Å². The van der Waals surface area contributed by atoms with E-state index in [1.54, 1.807) is 37.8 Å². The molecular weight excluding hydrogens is 515 g/mol. The Morgan fingerprint density at radius 2 is 1.83 bits per heavy atom. The normalized spacial score (nSPS) is 21.4. The van der Waals surface area contributed by atoms with Gasteiger partial charge in [0.25, 0.3) is 5.91 Å². The highest BCUT2D eigenvalue weighted by Crippen LogP contribution is 2.37. The van der Waals surface area contributed by atoms with Gasteiger partial charge in [0.1, 0.15) is 5.82 Å². The van der Waals surface area contributed by atoms with E-state index in [0.717, 1.165) is 23.2 Å². The molecule has 1 aliphatic carbocycles. The van der Waals surface area contributed by atoms with Crippen molar-refractivity contribution in [2.45, 2.75) is 90.7 Å². The van der Waals surface area contributed by atoms with E-state index in [-0.39, 0.29) is 28.7 Å². The number of anilines is 1. The fourth-order valence-corrected chi connectivity index (χ4v) is 5.99. The van der Waals surface area contributed by atoms with Crippen molar-refractivity contribution in [1.82, 2.24) is 4.90 Å². The molecule has 1 heterocycles. The number of nitrogens with zero attached hydrogens (tertiary/aromatic N) is 1. The number of nitrogens with one attached hydrogen (secondary N) is 1. The smallest absolute Gasteiger partial charge is 0.257 e. The summed E-state index contributed by atoms with van der Waals surface area (Å²) in [5.41, 5.74) is 2.87. The van der Waals surface area contributed by atoms with Crippen LogP contribution in [0.4, 0.5) is 10.1 Å². The van der Waals surface area contributed by atoms with Crippen LogP contribution in [0.25, 0.3) is 0 Å². The zero-order valence-electron chi connectivity index (χ0n) is 25.3. The Bertz CT molecular complexity index is 1310. The van der Waals surface area contributed by atoms with Crippen LogP contribution in [-0.2, 0) is 10.2 Å². The number of hydrogen-bond donors (Lipinski definition) is 2. The second-order valence-electron chi connectivity index (χ2n) is 13.3. The van der Waals surface area contributed by atoms with Gasteiger partial charge in [-0.2, -0.15) is 0 Å². The number of halogens is 1. The van der Waals surface area contributed by atoms with Gasteiger partial charge >= 0.3 is 0 Å². The summed E-state index contributed by atoms with van der Waals surface area (Å²) in [6.45, 7) is 12.2. The third kappa shape index (κ3) is 7.53. The zero-order chi connectivity index (χ0) is 29.9. The van der Waals surface area contributed by atoms with E-state index >= 15 is 0 Å². The lowest BCUT2D eigenvalue weighted by molar-refractivity contribution is -0.123. The molecule has 2 amide bonds. The van der Waals surface area contributed by atoms with Crippen molar-refractivity contribution in [2.24, 2.45) is 11.8 Å². The number of aliphatic hydroxyl groups is 1. The van der Waals surface area contributed by atoms with Crippen LogP contribution < -0.4 is 5.32 Å². The van der Waals surface area contributed by atoms with Crippen molar-refractivity contribution in [3.05, 3.63) is 88.8 Å². The molecule has 2 aliphatic rings. The number of likely N-dealkylation sites (tertiary alicyclic amines) is 1. The Morgan fingerprint density at radius 3 is 2.46 bits per heavy atom. The van der Waals surface area contributed by atoms with Crippen LogP contribution in [-0.4, -0.2) is 40.0 Å². The van der Waals surface area contributed by atoms with Gasteiger partial charge in [0.2, 0.25) is 5.91 Å². The Morgan fingerprint density at radius 1 is 1.10 bits per heavy atom. The number of benzene rings is 2. The molecule has 2 aromatic carbocycles. The van der Waals surface area contributed by atoms with E-state index in [9.17, 15) is 19.1 Å². The highest BCUT2D eigenvalue weighted by Gasteiger charge is 2.43. The van der Waals surface area contributed by atoms with E-state index in [0.29, 0.717) is 37.8 Å². The first-order valence-electron chi connectivity index (χ1n) is 14.8. The average molecular weight is 561 g/mol. The molecule has 5 nitrogen and oxygen atoms in total. The van der Waals surface area contributed by atoms with Crippen LogP contribution in [0.15, 0.2) is 66.3 Å². The van der Waals surface area contributed by atoms with Gasteiger partial charge in [0, 0.05) is 18.2 Å².